The fourth-order valence-corrected chi connectivity index (χ4v) is 2.89. The third-order valence-corrected chi connectivity index (χ3v) is 4.15. The van der Waals surface area contributed by atoms with E-state index in [0.29, 0.717) is 10.8 Å². The van der Waals surface area contributed by atoms with E-state index in [1.54, 1.807) is 12.1 Å². The molecule has 6 heteroatoms. The lowest BCUT2D eigenvalue weighted by Gasteiger charge is -2.08. The summed E-state index contributed by atoms with van der Waals surface area (Å²) in [6.45, 7) is 0. The van der Waals surface area contributed by atoms with E-state index >= 15 is 0 Å². The summed E-state index contributed by atoms with van der Waals surface area (Å²) in [5.41, 5.74) is -0.161. The maximum absolute atomic E-state index is 11.4. The molecule has 0 bridgehead atoms. The minimum atomic E-state index is -4.47. The zero-order valence-corrected chi connectivity index (χ0v) is 11.5. The van der Waals surface area contributed by atoms with Gasteiger partial charge in [-0.3, -0.25) is 4.55 Å². The van der Waals surface area contributed by atoms with Crippen molar-refractivity contribution in [3.63, 3.8) is 0 Å². The summed E-state index contributed by atoms with van der Waals surface area (Å²) in [5, 5.41) is 11.8. The summed E-state index contributed by atoms with van der Waals surface area (Å²) >= 11 is 0. The van der Waals surface area contributed by atoms with Gasteiger partial charge in [-0.15, -0.1) is 0 Å². The van der Waals surface area contributed by atoms with E-state index in [1.165, 1.54) is 6.07 Å². The number of carboxylic acid groups (broad SMARTS) is 1. The summed E-state index contributed by atoms with van der Waals surface area (Å²) in [4.78, 5) is 10.9. The number of fused-ring (bicyclic) bond motifs is 2. The van der Waals surface area contributed by atoms with Crippen LogP contribution in [0.1, 0.15) is 10.4 Å². The second kappa shape index (κ2) is 4.54. The van der Waals surface area contributed by atoms with Gasteiger partial charge in [0.25, 0.3) is 10.1 Å². The Bertz CT molecular complexity index is 990. The van der Waals surface area contributed by atoms with Gasteiger partial charge in [0.05, 0.1) is 10.5 Å². The van der Waals surface area contributed by atoms with Crippen molar-refractivity contribution < 1.29 is 22.9 Å². The van der Waals surface area contributed by atoms with Crippen molar-refractivity contribution >= 4 is 37.6 Å². The lowest BCUT2D eigenvalue weighted by molar-refractivity contribution is 0.0699. The molecule has 0 saturated carbocycles. The zero-order chi connectivity index (χ0) is 15.2. The first-order chi connectivity index (χ1) is 9.86. The van der Waals surface area contributed by atoms with Crippen LogP contribution in [-0.4, -0.2) is 24.0 Å². The third kappa shape index (κ3) is 2.35. The first-order valence-corrected chi connectivity index (χ1v) is 7.47. The van der Waals surface area contributed by atoms with Crippen LogP contribution in [-0.2, 0) is 10.1 Å². The van der Waals surface area contributed by atoms with Crippen LogP contribution in [0.15, 0.2) is 53.4 Å². The topological polar surface area (TPSA) is 91.7 Å². The molecular formula is C15H10O5S. The molecule has 0 spiro atoms. The highest BCUT2D eigenvalue weighted by atomic mass is 32.2. The molecule has 0 saturated heterocycles. The number of carbonyl (C=O) groups is 1. The van der Waals surface area contributed by atoms with Gasteiger partial charge in [-0.25, -0.2) is 4.79 Å². The highest BCUT2D eigenvalue weighted by Crippen LogP contribution is 2.28. The summed E-state index contributed by atoms with van der Waals surface area (Å²) in [5.74, 6) is -1.25. The largest absolute Gasteiger partial charge is 0.478 e. The Morgan fingerprint density at radius 2 is 1.52 bits per heavy atom. The molecule has 21 heavy (non-hydrogen) atoms. The Labute approximate surface area is 120 Å². The van der Waals surface area contributed by atoms with Gasteiger partial charge in [0.2, 0.25) is 0 Å². The minimum Gasteiger partial charge on any atom is -0.478 e. The van der Waals surface area contributed by atoms with E-state index in [2.05, 4.69) is 0 Å². The fourth-order valence-electron chi connectivity index (χ4n) is 2.35. The van der Waals surface area contributed by atoms with Crippen LogP contribution in [0.4, 0.5) is 0 Å². The second-order valence-electron chi connectivity index (χ2n) is 4.67. The zero-order valence-electron chi connectivity index (χ0n) is 10.6. The quantitative estimate of drug-likeness (QED) is 0.561. The van der Waals surface area contributed by atoms with Gasteiger partial charge in [-0.2, -0.15) is 8.42 Å². The van der Waals surface area contributed by atoms with Crippen LogP contribution >= 0.6 is 0 Å². The normalized spacial score (nSPS) is 11.9. The van der Waals surface area contributed by atoms with Crippen molar-refractivity contribution in [1.82, 2.24) is 0 Å². The Morgan fingerprint density at radius 1 is 0.905 bits per heavy atom. The van der Waals surface area contributed by atoms with Gasteiger partial charge in [0.15, 0.2) is 0 Å². The van der Waals surface area contributed by atoms with E-state index in [4.69, 9.17) is 4.55 Å². The predicted molar refractivity (Wildman–Crippen MR) is 78.2 cm³/mol. The molecule has 0 aliphatic heterocycles. The maximum Gasteiger partial charge on any atom is 0.336 e. The molecule has 0 unspecified atom stereocenters. The second-order valence-corrected chi connectivity index (χ2v) is 6.09. The van der Waals surface area contributed by atoms with Crippen LogP contribution in [0.25, 0.3) is 21.5 Å². The van der Waals surface area contributed by atoms with E-state index in [1.807, 2.05) is 24.3 Å². The minimum absolute atomic E-state index is 0.161. The third-order valence-electron chi connectivity index (χ3n) is 3.32. The van der Waals surface area contributed by atoms with Gasteiger partial charge in [0, 0.05) is 0 Å². The van der Waals surface area contributed by atoms with Crippen molar-refractivity contribution in [3.8, 4) is 0 Å². The Morgan fingerprint density at radius 3 is 2.10 bits per heavy atom. The molecule has 3 aromatic rings. The van der Waals surface area contributed by atoms with Crippen molar-refractivity contribution in [2.24, 2.45) is 0 Å². The van der Waals surface area contributed by atoms with Gasteiger partial charge < -0.3 is 5.11 Å². The summed E-state index contributed by atoms with van der Waals surface area (Å²) in [6.07, 6.45) is 0. The molecule has 0 amide bonds. The number of rotatable bonds is 2. The summed E-state index contributed by atoms with van der Waals surface area (Å²) in [7, 11) is -4.47. The molecule has 0 aliphatic carbocycles. The lowest BCUT2D eigenvalue weighted by atomic mass is 10.00. The highest BCUT2D eigenvalue weighted by molar-refractivity contribution is 7.85. The van der Waals surface area contributed by atoms with Crippen LogP contribution in [0.3, 0.4) is 0 Å². The number of aromatic carboxylic acids is 1. The lowest BCUT2D eigenvalue weighted by Crippen LogP contribution is -2.03. The Balaban J connectivity index is 2.50. The number of carboxylic acids is 1. The average Bonchev–Trinajstić information content (AvgIpc) is 2.42. The van der Waals surface area contributed by atoms with Gasteiger partial charge in [-0.05, 0) is 45.8 Å². The fraction of sp³-hybridized carbons (Fsp3) is 0. The molecule has 0 heterocycles. The number of hydrogen-bond donors (Lipinski definition) is 2. The molecule has 2 N–H and O–H groups in total. The Hall–Kier alpha value is -2.44. The van der Waals surface area contributed by atoms with Crippen LogP contribution < -0.4 is 0 Å². The summed E-state index contributed by atoms with van der Waals surface area (Å²) < 4.78 is 31.7. The van der Waals surface area contributed by atoms with Crippen LogP contribution in [0.2, 0.25) is 0 Å². The van der Waals surface area contributed by atoms with E-state index < -0.39 is 21.0 Å². The van der Waals surface area contributed by atoms with Crippen molar-refractivity contribution in [3.05, 3.63) is 54.1 Å². The predicted octanol–water partition coefficient (Wildman–Crippen LogP) is 2.94. The van der Waals surface area contributed by atoms with Crippen molar-refractivity contribution in [2.45, 2.75) is 4.90 Å². The van der Waals surface area contributed by atoms with Crippen molar-refractivity contribution in [2.75, 3.05) is 0 Å². The van der Waals surface area contributed by atoms with Gasteiger partial charge >= 0.3 is 5.97 Å². The molecule has 0 aromatic heterocycles. The first kappa shape index (κ1) is 13.5. The molecule has 0 atom stereocenters. The monoisotopic (exact) mass is 302 g/mol. The first-order valence-electron chi connectivity index (χ1n) is 6.03. The molecule has 0 fully saturated rings. The van der Waals surface area contributed by atoms with E-state index in [9.17, 15) is 18.3 Å². The summed E-state index contributed by atoms with van der Waals surface area (Å²) in [6, 6.07) is 13.0. The smallest absolute Gasteiger partial charge is 0.336 e. The molecule has 0 aliphatic rings. The average molecular weight is 302 g/mol. The highest BCUT2D eigenvalue weighted by Gasteiger charge is 2.17. The number of benzene rings is 3. The molecule has 106 valence electrons. The Kier molecular flexibility index (Phi) is 2.93. The van der Waals surface area contributed by atoms with E-state index in [0.717, 1.165) is 16.8 Å². The standard InChI is InChI=1S/C15H10O5S/c16-15(17)14-8-12(21(18,19)20)6-11-5-9-3-1-2-4-10(9)7-13(11)14/h1-8H,(H,16,17)(H,18,19,20). The van der Waals surface area contributed by atoms with Crippen LogP contribution in [0, 0.1) is 0 Å². The SMILES string of the molecule is O=C(O)c1cc(S(=O)(=O)O)cc2cc3ccccc3cc12. The van der Waals surface area contributed by atoms with Crippen molar-refractivity contribution in [1.29, 1.82) is 0 Å². The van der Waals surface area contributed by atoms with E-state index in [-0.39, 0.29) is 5.56 Å². The molecule has 3 rings (SSSR count). The maximum atomic E-state index is 11.4. The number of hydrogen-bond acceptors (Lipinski definition) is 3. The molecular weight excluding hydrogens is 292 g/mol. The molecule has 5 nitrogen and oxygen atoms in total. The van der Waals surface area contributed by atoms with Gasteiger partial charge in [0.1, 0.15) is 0 Å². The molecule has 3 aromatic carbocycles. The molecule has 0 radical (unpaired) electrons. The van der Waals surface area contributed by atoms with Gasteiger partial charge in [-0.1, -0.05) is 24.3 Å². The van der Waals surface area contributed by atoms with Crippen LogP contribution in [0.5, 0.6) is 0 Å².